The normalized spacial score (nSPS) is 11.6. The molecule has 0 fully saturated rings. The zero-order valence-electron chi connectivity index (χ0n) is 9.80. The van der Waals surface area contributed by atoms with Gasteiger partial charge in [-0.05, 0) is 34.5 Å². The molecule has 1 atom stereocenters. The minimum atomic E-state index is -1.23. The Morgan fingerprint density at radius 1 is 1.42 bits per heavy atom. The van der Waals surface area contributed by atoms with Gasteiger partial charge in [-0.25, -0.2) is 9.78 Å². The van der Waals surface area contributed by atoms with Gasteiger partial charge in [0.2, 0.25) is 5.91 Å². The molecule has 1 rings (SSSR count). The first-order valence-electron chi connectivity index (χ1n) is 5.33. The summed E-state index contributed by atoms with van der Waals surface area (Å²) in [4.78, 5) is 37.1. The standard InChI is InChI=1S/C11H12BrN3O4/c12-6-1-2-7(14-5-6)10(17)15-8(11(18)19)3-4-9(13)16/h1-2,5,8H,3-4H2,(H2,13,16)(H,15,17)(H,18,19)/t8-/m1/s1. The Balaban J connectivity index is 2.68. The molecule has 2 amide bonds. The van der Waals surface area contributed by atoms with Crippen LogP contribution in [0, 0.1) is 0 Å². The molecule has 0 bridgehead atoms. The molecule has 0 aliphatic carbocycles. The molecule has 0 aliphatic heterocycles. The highest BCUT2D eigenvalue weighted by atomic mass is 79.9. The quantitative estimate of drug-likeness (QED) is 0.692. The topological polar surface area (TPSA) is 122 Å². The minimum absolute atomic E-state index is 0.0626. The third kappa shape index (κ3) is 5.04. The van der Waals surface area contributed by atoms with Gasteiger partial charge in [0.05, 0.1) is 0 Å². The summed E-state index contributed by atoms with van der Waals surface area (Å²) in [5.41, 5.74) is 5.03. The van der Waals surface area contributed by atoms with E-state index in [1.54, 1.807) is 6.07 Å². The Labute approximate surface area is 117 Å². The molecule has 0 spiro atoms. The lowest BCUT2D eigenvalue weighted by Crippen LogP contribution is -2.41. The molecule has 1 aromatic heterocycles. The van der Waals surface area contributed by atoms with Crippen LogP contribution >= 0.6 is 15.9 Å². The molecule has 0 saturated carbocycles. The predicted octanol–water partition coefficient (Wildman–Crippen LogP) is 0.293. The molecule has 0 unspecified atom stereocenters. The number of carboxylic acids is 1. The van der Waals surface area contributed by atoms with Crippen molar-refractivity contribution >= 4 is 33.7 Å². The third-order valence-corrected chi connectivity index (χ3v) is 2.71. The summed E-state index contributed by atoms with van der Waals surface area (Å²) >= 11 is 3.17. The number of carboxylic acid groups (broad SMARTS) is 1. The van der Waals surface area contributed by atoms with E-state index in [1.165, 1.54) is 12.3 Å². The minimum Gasteiger partial charge on any atom is -0.480 e. The van der Waals surface area contributed by atoms with Crippen LogP contribution < -0.4 is 11.1 Å². The van der Waals surface area contributed by atoms with Crippen molar-refractivity contribution in [2.24, 2.45) is 5.73 Å². The van der Waals surface area contributed by atoms with E-state index in [2.05, 4.69) is 26.2 Å². The molecule has 7 nitrogen and oxygen atoms in total. The van der Waals surface area contributed by atoms with Crippen LogP contribution in [0.15, 0.2) is 22.8 Å². The third-order valence-electron chi connectivity index (χ3n) is 2.24. The van der Waals surface area contributed by atoms with Gasteiger partial charge in [-0.15, -0.1) is 0 Å². The first-order valence-corrected chi connectivity index (χ1v) is 6.13. The number of hydrogen-bond donors (Lipinski definition) is 3. The number of nitrogens with zero attached hydrogens (tertiary/aromatic N) is 1. The van der Waals surface area contributed by atoms with Gasteiger partial charge in [0.25, 0.3) is 5.91 Å². The number of carbonyl (C=O) groups is 3. The van der Waals surface area contributed by atoms with Crippen molar-refractivity contribution in [2.75, 3.05) is 0 Å². The van der Waals surface area contributed by atoms with Crippen LogP contribution in [-0.4, -0.2) is 33.9 Å². The van der Waals surface area contributed by atoms with Crippen LogP contribution in [0.25, 0.3) is 0 Å². The molecule has 0 aliphatic rings. The van der Waals surface area contributed by atoms with Crippen LogP contribution in [0.3, 0.4) is 0 Å². The fraction of sp³-hybridized carbons (Fsp3) is 0.273. The summed E-state index contributed by atoms with van der Waals surface area (Å²) in [6.07, 6.45) is 1.24. The number of aromatic nitrogens is 1. The number of primary amides is 1. The lowest BCUT2D eigenvalue weighted by Gasteiger charge is -2.13. The molecule has 102 valence electrons. The second-order valence-electron chi connectivity index (χ2n) is 3.73. The Morgan fingerprint density at radius 2 is 2.11 bits per heavy atom. The number of hydrogen-bond acceptors (Lipinski definition) is 4. The maximum absolute atomic E-state index is 11.7. The van der Waals surface area contributed by atoms with Crippen molar-refractivity contribution in [3.05, 3.63) is 28.5 Å². The monoisotopic (exact) mass is 329 g/mol. The van der Waals surface area contributed by atoms with E-state index in [0.717, 1.165) is 0 Å². The van der Waals surface area contributed by atoms with Crippen LogP contribution in [0.5, 0.6) is 0 Å². The molecule has 0 saturated heterocycles. The number of carbonyl (C=O) groups excluding carboxylic acids is 2. The van der Waals surface area contributed by atoms with Gasteiger partial charge in [0.15, 0.2) is 0 Å². The average Bonchev–Trinajstić information content (AvgIpc) is 2.34. The lowest BCUT2D eigenvalue weighted by molar-refractivity contribution is -0.139. The van der Waals surface area contributed by atoms with Crippen LogP contribution in [0.2, 0.25) is 0 Å². The predicted molar refractivity (Wildman–Crippen MR) is 69.3 cm³/mol. The molecule has 1 aromatic rings. The van der Waals surface area contributed by atoms with Gasteiger partial charge in [0.1, 0.15) is 11.7 Å². The summed E-state index contributed by atoms with van der Waals surface area (Å²) in [5.74, 6) is -2.47. The van der Waals surface area contributed by atoms with Gasteiger partial charge < -0.3 is 16.2 Å². The molecule has 0 aromatic carbocycles. The van der Waals surface area contributed by atoms with Crippen LogP contribution in [-0.2, 0) is 9.59 Å². The fourth-order valence-electron chi connectivity index (χ4n) is 1.29. The second-order valence-corrected chi connectivity index (χ2v) is 4.65. The smallest absolute Gasteiger partial charge is 0.326 e. The van der Waals surface area contributed by atoms with E-state index in [-0.39, 0.29) is 18.5 Å². The number of aliphatic carboxylic acids is 1. The first-order chi connectivity index (χ1) is 8.90. The van der Waals surface area contributed by atoms with Gasteiger partial charge in [0, 0.05) is 17.1 Å². The lowest BCUT2D eigenvalue weighted by atomic mass is 10.1. The van der Waals surface area contributed by atoms with Crippen molar-refractivity contribution in [1.82, 2.24) is 10.3 Å². The van der Waals surface area contributed by atoms with Crippen LogP contribution in [0.4, 0.5) is 0 Å². The van der Waals surface area contributed by atoms with E-state index < -0.39 is 23.8 Å². The molecule has 4 N–H and O–H groups in total. The molecule has 1 heterocycles. The van der Waals surface area contributed by atoms with E-state index >= 15 is 0 Å². The number of halogens is 1. The number of amides is 2. The highest BCUT2D eigenvalue weighted by Crippen LogP contribution is 2.08. The van der Waals surface area contributed by atoms with Crippen molar-refractivity contribution in [1.29, 1.82) is 0 Å². The van der Waals surface area contributed by atoms with Gasteiger partial charge >= 0.3 is 5.97 Å². The fourth-order valence-corrected chi connectivity index (χ4v) is 1.52. The number of pyridine rings is 1. The van der Waals surface area contributed by atoms with Gasteiger partial charge in [-0.1, -0.05) is 0 Å². The van der Waals surface area contributed by atoms with Gasteiger partial charge in [-0.2, -0.15) is 0 Å². The molecular formula is C11H12BrN3O4. The maximum atomic E-state index is 11.7. The molecule has 19 heavy (non-hydrogen) atoms. The Bertz CT molecular complexity index is 489. The van der Waals surface area contributed by atoms with Crippen molar-refractivity contribution in [3.8, 4) is 0 Å². The van der Waals surface area contributed by atoms with E-state index in [4.69, 9.17) is 10.8 Å². The number of rotatable bonds is 6. The molecular weight excluding hydrogens is 318 g/mol. The zero-order valence-corrected chi connectivity index (χ0v) is 11.4. The highest BCUT2D eigenvalue weighted by Gasteiger charge is 2.21. The molecule has 8 heteroatoms. The number of nitrogens with two attached hydrogens (primary N) is 1. The van der Waals surface area contributed by atoms with E-state index in [9.17, 15) is 14.4 Å². The summed E-state index contributed by atoms with van der Waals surface area (Å²) in [7, 11) is 0. The summed E-state index contributed by atoms with van der Waals surface area (Å²) in [6.45, 7) is 0. The SMILES string of the molecule is NC(=O)CC[C@@H](NC(=O)c1ccc(Br)cn1)C(=O)O. The Morgan fingerprint density at radius 3 is 2.58 bits per heavy atom. The highest BCUT2D eigenvalue weighted by molar-refractivity contribution is 9.10. The summed E-state index contributed by atoms with van der Waals surface area (Å²) < 4.78 is 0.701. The first kappa shape index (κ1) is 15.1. The Kier molecular flexibility index (Phi) is 5.43. The van der Waals surface area contributed by atoms with Crippen LogP contribution in [0.1, 0.15) is 23.3 Å². The molecule has 0 radical (unpaired) electrons. The van der Waals surface area contributed by atoms with Crippen molar-refractivity contribution in [2.45, 2.75) is 18.9 Å². The van der Waals surface area contributed by atoms with Gasteiger partial charge in [-0.3, -0.25) is 9.59 Å². The van der Waals surface area contributed by atoms with Crippen molar-refractivity contribution < 1.29 is 19.5 Å². The maximum Gasteiger partial charge on any atom is 0.326 e. The second kappa shape index (κ2) is 6.83. The van der Waals surface area contributed by atoms with Crippen molar-refractivity contribution in [3.63, 3.8) is 0 Å². The zero-order chi connectivity index (χ0) is 14.4. The van der Waals surface area contributed by atoms with E-state index in [0.29, 0.717) is 4.47 Å². The van der Waals surface area contributed by atoms with E-state index in [1.807, 2.05) is 0 Å². The number of nitrogens with one attached hydrogen (secondary N) is 1. The Hall–Kier alpha value is -1.96. The largest absolute Gasteiger partial charge is 0.480 e. The summed E-state index contributed by atoms with van der Waals surface area (Å²) in [6, 6.07) is 1.89. The average molecular weight is 330 g/mol. The summed E-state index contributed by atoms with van der Waals surface area (Å²) in [5, 5.41) is 11.2.